The quantitative estimate of drug-likeness (QED) is 0.769. The number of imidazole rings is 1. The van der Waals surface area contributed by atoms with Gasteiger partial charge in [-0.25, -0.2) is 13.9 Å². The number of hydrogen-bond acceptors (Lipinski definition) is 4. The van der Waals surface area contributed by atoms with Crippen molar-refractivity contribution in [3.05, 3.63) is 58.3 Å². The fourth-order valence-corrected chi connectivity index (χ4v) is 1.87. The summed E-state index contributed by atoms with van der Waals surface area (Å²) in [5, 5.41) is 0. The lowest BCUT2D eigenvalue weighted by Gasteiger charge is -2.01. The molecule has 0 bridgehead atoms. The van der Waals surface area contributed by atoms with Gasteiger partial charge >= 0.3 is 5.69 Å². The van der Waals surface area contributed by atoms with Crippen molar-refractivity contribution < 1.29 is 14.4 Å². The lowest BCUT2D eigenvalue weighted by Crippen LogP contribution is -2.31. The molecule has 1 aromatic heterocycles. The summed E-state index contributed by atoms with van der Waals surface area (Å²) in [6.45, 7) is 2.34. The Morgan fingerprint density at radius 1 is 0.950 bits per heavy atom. The Morgan fingerprint density at radius 3 is 2.05 bits per heavy atom. The molecule has 0 atom stereocenters. The number of carbonyl (C=O) groups is 3. The second-order valence-electron chi connectivity index (χ2n) is 4.24. The number of benzene rings is 1. The Kier molecular flexibility index (Phi) is 3.47. The largest absolute Gasteiger partial charge is 0.342 e. The van der Waals surface area contributed by atoms with Crippen LogP contribution in [0.3, 0.4) is 0 Å². The van der Waals surface area contributed by atoms with E-state index in [2.05, 4.69) is 0 Å². The molecule has 0 N–H and O–H groups in total. The van der Waals surface area contributed by atoms with E-state index in [0.29, 0.717) is 10.1 Å². The molecule has 0 spiro atoms. The molecular formula is C14H12N2O4. The highest BCUT2D eigenvalue weighted by atomic mass is 16.2. The predicted molar refractivity (Wildman–Crippen MR) is 71.2 cm³/mol. The molecule has 2 rings (SSSR count). The first-order chi connectivity index (χ1) is 9.43. The fourth-order valence-electron chi connectivity index (χ4n) is 1.87. The summed E-state index contributed by atoms with van der Waals surface area (Å²) in [7, 11) is 0. The number of aromatic nitrogens is 2. The van der Waals surface area contributed by atoms with Gasteiger partial charge in [0.2, 0.25) is 17.6 Å². The summed E-state index contributed by atoms with van der Waals surface area (Å²) < 4.78 is 1.45. The van der Waals surface area contributed by atoms with E-state index in [1.54, 1.807) is 30.3 Å². The first-order valence-corrected chi connectivity index (χ1v) is 5.89. The third kappa shape index (κ3) is 2.23. The molecular weight excluding hydrogens is 260 g/mol. The smallest absolute Gasteiger partial charge is 0.287 e. The Bertz CT molecular complexity index is 753. The van der Waals surface area contributed by atoms with Gasteiger partial charge in [0.05, 0.1) is 0 Å². The summed E-state index contributed by atoms with van der Waals surface area (Å²) in [4.78, 5) is 47.1. The van der Waals surface area contributed by atoms with E-state index in [1.165, 1.54) is 6.92 Å². The zero-order chi connectivity index (χ0) is 14.9. The van der Waals surface area contributed by atoms with Crippen LogP contribution >= 0.6 is 0 Å². The summed E-state index contributed by atoms with van der Waals surface area (Å²) >= 11 is 0. The molecule has 1 aromatic carbocycles. The van der Waals surface area contributed by atoms with Crippen molar-refractivity contribution in [1.82, 2.24) is 9.13 Å². The first-order valence-electron chi connectivity index (χ1n) is 5.89. The molecule has 0 aliphatic carbocycles. The van der Waals surface area contributed by atoms with Gasteiger partial charge in [-0.1, -0.05) is 30.3 Å². The molecule has 1 heterocycles. The van der Waals surface area contributed by atoms with Crippen LogP contribution in [0.4, 0.5) is 0 Å². The fraction of sp³-hybridized carbons (Fsp3) is 0.143. The van der Waals surface area contributed by atoms with Gasteiger partial charge in [-0.3, -0.25) is 14.4 Å². The molecule has 0 saturated carbocycles. The van der Waals surface area contributed by atoms with Crippen LogP contribution in [0.5, 0.6) is 0 Å². The van der Waals surface area contributed by atoms with E-state index < -0.39 is 23.3 Å². The maximum Gasteiger partial charge on any atom is 0.342 e. The third-order valence-electron chi connectivity index (χ3n) is 2.81. The molecule has 6 heteroatoms. The maximum atomic E-state index is 12.3. The van der Waals surface area contributed by atoms with Crippen LogP contribution in [0.25, 0.3) is 0 Å². The van der Waals surface area contributed by atoms with Crippen molar-refractivity contribution in [3.63, 3.8) is 0 Å². The minimum Gasteiger partial charge on any atom is -0.287 e. The molecule has 6 nitrogen and oxygen atoms in total. The number of rotatable bonds is 2. The van der Waals surface area contributed by atoms with Gasteiger partial charge in [-0.05, 0) is 0 Å². The average molecular weight is 272 g/mol. The average Bonchev–Trinajstić information content (AvgIpc) is 2.76. The van der Waals surface area contributed by atoms with Crippen LogP contribution in [0.15, 0.2) is 41.3 Å². The normalized spacial score (nSPS) is 10.3. The van der Waals surface area contributed by atoms with Crippen molar-refractivity contribution in [1.29, 1.82) is 0 Å². The van der Waals surface area contributed by atoms with Gasteiger partial charge in [0.15, 0.2) is 0 Å². The summed E-state index contributed by atoms with van der Waals surface area (Å²) in [6, 6.07) is 8.23. The number of carbonyl (C=O) groups excluding carboxylic acids is 3. The van der Waals surface area contributed by atoms with Crippen molar-refractivity contribution in [2.45, 2.75) is 13.8 Å². The second-order valence-corrected chi connectivity index (χ2v) is 4.24. The van der Waals surface area contributed by atoms with E-state index in [4.69, 9.17) is 0 Å². The van der Waals surface area contributed by atoms with Gasteiger partial charge < -0.3 is 0 Å². The molecule has 0 amide bonds. The minimum absolute atomic E-state index is 0.121. The zero-order valence-corrected chi connectivity index (χ0v) is 11.0. The highest BCUT2D eigenvalue weighted by Crippen LogP contribution is 2.09. The standard InChI is InChI=1S/C14H12N2O4/c1-9(17)15-8-12(16(10(2)18)14(15)20)13(19)11-6-4-3-5-7-11/h3-8H,1-2H3. The third-order valence-corrected chi connectivity index (χ3v) is 2.81. The SMILES string of the molecule is CC(=O)n1cc(C(=O)c2ccccc2)n(C(C)=O)c1=O. The summed E-state index contributed by atoms with van der Waals surface area (Å²) in [5.41, 5.74) is -0.614. The van der Waals surface area contributed by atoms with E-state index in [1.807, 2.05) is 0 Å². The van der Waals surface area contributed by atoms with Gasteiger partial charge in [-0.15, -0.1) is 0 Å². The maximum absolute atomic E-state index is 12.3. The van der Waals surface area contributed by atoms with Crippen molar-refractivity contribution in [2.24, 2.45) is 0 Å². The van der Waals surface area contributed by atoms with Crippen molar-refractivity contribution in [2.75, 3.05) is 0 Å². The lowest BCUT2D eigenvalue weighted by atomic mass is 10.1. The Balaban J connectivity index is 2.66. The van der Waals surface area contributed by atoms with Gasteiger partial charge in [0.1, 0.15) is 5.69 Å². The molecule has 0 fully saturated rings. The van der Waals surface area contributed by atoms with E-state index in [0.717, 1.165) is 17.7 Å². The number of nitrogens with zero attached hydrogens (tertiary/aromatic N) is 2. The zero-order valence-electron chi connectivity index (χ0n) is 11.0. The molecule has 0 saturated heterocycles. The molecule has 2 aromatic rings. The Morgan fingerprint density at radius 2 is 1.55 bits per heavy atom. The molecule has 0 radical (unpaired) electrons. The van der Waals surface area contributed by atoms with Crippen LogP contribution in [0.1, 0.15) is 39.5 Å². The molecule has 0 aliphatic heterocycles. The van der Waals surface area contributed by atoms with Crippen LogP contribution in [-0.2, 0) is 0 Å². The topological polar surface area (TPSA) is 78.1 Å². The summed E-state index contributed by atoms with van der Waals surface area (Å²) in [6.07, 6.45) is 1.10. The molecule has 102 valence electrons. The predicted octanol–water partition coefficient (Wildman–Crippen LogP) is 1.20. The van der Waals surface area contributed by atoms with E-state index in [9.17, 15) is 19.2 Å². The summed E-state index contributed by atoms with van der Waals surface area (Å²) in [5.74, 6) is -1.66. The highest BCUT2D eigenvalue weighted by molar-refractivity contribution is 6.09. The molecule has 0 aliphatic rings. The van der Waals surface area contributed by atoms with Crippen molar-refractivity contribution in [3.8, 4) is 0 Å². The van der Waals surface area contributed by atoms with E-state index in [-0.39, 0.29) is 5.69 Å². The first kappa shape index (κ1) is 13.7. The molecule has 0 unspecified atom stereocenters. The van der Waals surface area contributed by atoms with Gasteiger partial charge in [0.25, 0.3) is 0 Å². The van der Waals surface area contributed by atoms with Crippen LogP contribution in [-0.4, -0.2) is 26.7 Å². The molecule has 20 heavy (non-hydrogen) atoms. The van der Waals surface area contributed by atoms with Crippen LogP contribution in [0, 0.1) is 0 Å². The van der Waals surface area contributed by atoms with Crippen LogP contribution in [0.2, 0.25) is 0 Å². The highest BCUT2D eigenvalue weighted by Gasteiger charge is 2.22. The number of ketones is 1. The van der Waals surface area contributed by atoms with Gasteiger partial charge in [0, 0.05) is 25.6 Å². The van der Waals surface area contributed by atoms with Gasteiger partial charge in [-0.2, -0.15) is 0 Å². The monoisotopic (exact) mass is 272 g/mol. The van der Waals surface area contributed by atoms with Crippen molar-refractivity contribution >= 4 is 17.6 Å². The Labute approximate surface area is 114 Å². The number of hydrogen-bond donors (Lipinski definition) is 0. The second kappa shape index (κ2) is 5.08. The Hall–Kier alpha value is -2.76. The van der Waals surface area contributed by atoms with Crippen LogP contribution < -0.4 is 5.69 Å². The lowest BCUT2D eigenvalue weighted by molar-refractivity contribution is 0.0905. The van der Waals surface area contributed by atoms with E-state index >= 15 is 0 Å². The minimum atomic E-state index is -0.829.